The van der Waals surface area contributed by atoms with Gasteiger partial charge in [0, 0.05) is 16.1 Å². The van der Waals surface area contributed by atoms with E-state index in [4.69, 9.17) is 27.9 Å². The van der Waals surface area contributed by atoms with Gasteiger partial charge >= 0.3 is 0 Å². The maximum atomic E-state index is 6.24. The largest absolute Gasteiger partial charge is 0.481 e. The third-order valence-electron chi connectivity index (χ3n) is 3.11. The minimum absolute atomic E-state index is 0.0165. The highest BCUT2D eigenvalue weighted by Crippen LogP contribution is 2.26. The Labute approximate surface area is 134 Å². The summed E-state index contributed by atoms with van der Waals surface area (Å²) in [5.74, 6) is 0.542. The number of hydrogen-bond acceptors (Lipinski definition) is 4. The Bertz CT molecular complexity index is 607. The summed E-state index contributed by atoms with van der Waals surface area (Å²) >= 11 is 12.3. The standard InChI is InChI=1S/C15H17Cl2N3O/c1-3-18-13(14-8-15(21-2)20-9-19-14)7-10-6-11(16)4-5-12(10)17/h4-6,8-9,13,18H,3,7H2,1-2H3. The molecule has 0 spiro atoms. The molecular weight excluding hydrogens is 309 g/mol. The van der Waals surface area contributed by atoms with Crippen LogP contribution in [0.4, 0.5) is 0 Å². The number of halogens is 2. The Morgan fingerprint density at radius 3 is 2.76 bits per heavy atom. The maximum Gasteiger partial charge on any atom is 0.216 e. The lowest BCUT2D eigenvalue weighted by molar-refractivity contribution is 0.393. The Hall–Kier alpha value is -1.36. The zero-order valence-corrected chi connectivity index (χ0v) is 13.4. The second kappa shape index (κ2) is 7.59. The van der Waals surface area contributed by atoms with Gasteiger partial charge < -0.3 is 10.1 Å². The van der Waals surface area contributed by atoms with Gasteiger partial charge in [-0.3, -0.25) is 0 Å². The Morgan fingerprint density at radius 2 is 2.05 bits per heavy atom. The van der Waals surface area contributed by atoms with Gasteiger partial charge in [-0.2, -0.15) is 0 Å². The highest BCUT2D eigenvalue weighted by atomic mass is 35.5. The number of hydrogen-bond donors (Lipinski definition) is 1. The third kappa shape index (κ3) is 4.30. The summed E-state index contributed by atoms with van der Waals surface area (Å²) in [6.07, 6.45) is 2.19. The van der Waals surface area contributed by atoms with Gasteiger partial charge in [-0.05, 0) is 36.7 Å². The lowest BCUT2D eigenvalue weighted by Gasteiger charge is -2.18. The molecule has 1 unspecified atom stereocenters. The van der Waals surface area contributed by atoms with Crippen molar-refractivity contribution in [1.29, 1.82) is 0 Å². The molecule has 1 N–H and O–H groups in total. The molecule has 1 aromatic heterocycles. The van der Waals surface area contributed by atoms with Crippen LogP contribution in [-0.4, -0.2) is 23.6 Å². The van der Waals surface area contributed by atoms with Crippen LogP contribution in [0, 0.1) is 0 Å². The molecule has 0 aliphatic rings. The molecule has 0 saturated carbocycles. The summed E-state index contributed by atoms with van der Waals surface area (Å²) in [5, 5.41) is 4.77. The SMILES string of the molecule is CCNC(Cc1cc(Cl)ccc1Cl)c1cc(OC)ncn1. The summed E-state index contributed by atoms with van der Waals surface area (Å²) in [6.45, 7) is 2.86. The normalized spacial score (nSPS) is 12.2. The Kier molecular flexibility index (Phi) is 5.79. The van der Waals surface area contributed by atoms with Crippen molar-refractivity contribution in [3.63, 3.8) is 0 Å². The lowest BCUT2D eigenvalue weighted by atomic mass is 10.0. The molecule has 1 heterocycles. The summed E-state index contributed by atoms with van der Waals surface area (Å²) in [4.78, 5) is 8.36. The first-order valence-corrected chi connectivity index (χ1v) is 7.43. The molecule has 112 valence electrons. The molecule has 0 aliphatic heterocycles. The molecule has 4 nitrogen and oxygen atoms in total. The van der Waals surface area contributed by atoms with Gasteiger partial charge in [-0.25, -0.2) is 9.97 Å². The van der Waals surface area contributed by atoms with Crippen LogP contribution in [0.15, 0.2) is 30.6 Å². The van der Waals surface area contributed by atoms with Crippen LogP contribution >= 0.6 is 23.2 Å². The molecule has 21 heavy (non-hydrogen) atoms. The average molecular weight is 326 g/mol. The second-order valence-corrected chi connectivity index (χ2v) is 5.38. The van der Waals surface area contributed by atoms with E-state index in [-0.39, 0.29) is 6.04 Å². The van der Waals surface area contributed by atoms with E-state index in [1.54, 1.807) is 13.2 Å². The molecule has 0 amide bonds. The molecule has 1 aromatic carbocycles. The fourth-order valence-electron chi connectivity index (χ4n) is 2.10. The first kappa shape index (κ1) is 16.0. The van der Waals surface area contributed by atoms with Crippen LogP contribution in [0.2, 0.25) is 10.0 Å². The number of nitrogens with one attached hydrogen (secondary N) is 1. The van der Waals surface area contributed by atoms with E-state index in [2.05, 4.69) is 15.3 Å². The van der Waals surface area contributed by atoms with Crippen molar-refractivity contribution in [2.24, 2.45) is 0 Å². The Balaban J connectivity index is 2.28. The molecule has 0 aliphatic carbocycles. The van der Waals surface area contributed by atoms with Gasteiger partial charge in [-0.1, -0.05) is 30.1 Å². The van der Waals surface area contributed by atoms with Crippen molar-refractivity contribution in [3.8, 4) is 5.88 Å². The zero-order chi connectivity index (χ0) is 15.2. The summed E-state index contributed by atoms with van der Waals surface area (Å²) in [6, 6.07) is 7.31. The lowest BCUT2D eigenvalue weighted by Crippen LogP contribution is -2.24. The van der Waals surface area contributed by atoms with Crippen LogP contribution in [0.1, 0.15) is 24.2 Å². The predicted molar refractivity (Wildman–Crippen MR) is 85.2 cm³/mol. The molecule has 0 fully saturated rings. The molecule has 2 aromatic rings. The number of ether oxygens (including phenoxy) is 1. The second-order valence-electron chi connectivity index (χ2n) is 4.54. The van der Waals surface area contributed by atoms with E-state index < -0.39 is 0 Å². The van der Waals surface area contributed by atoms with Gasteiger partial charge in [0.1, 0.15) is 6.33 Å². The van der Waals surface area contributed by atoms with Gasteiger partial charge in [-0.15, -0.1) is 0 Å². The highest BCUT2D eigenvalue weighted by Gasteiger charge is 2.16. The van der Waals surface area contributed by atoms with E-state index in [9.17, 15) is 0 Å². The van der Waals surface area contributed by atoms with Crippen molar-refractivity contribution in [1.82, 2.24) is 15.3 Å². The van der Waals surface area contributed by atoms with Crippen molar-refractivity contribution < 1.29 is 4.74 Å². The third-order valence-corrected chi connectivity index (χ3v) is 3.72. The fraction of sp³-hybridized carbons (Fsp3) is 0.333. The monoisotopic (exact) mass is 325 g/mol. The maximum absolute atomic E-state index is 6.24. The first-order chi connectivity index (χ1) is 10.1. The van der Waals surface area contributed by atoms with E-state index in [1.807, 2.05) is 25.1 Å². The number of likely N-dealkylation sites (N-methyl/N-ethyl adjacent to an activating group) is 1. The smallest absolute Gasteiger partial charge is 0.216 e. The molecule has 0 bridgehead atoms. The topological polar surface area (TPSA) is 47.0 Å². The molecular formula is C15H17Cl2N3O. The van der Waals surface area contributed by atoms with Crippen LogP contribution in [0.25, 0.3) is 0 Å². The molecule has 1 atom stereocenters. The van der Waals surface area contributed by atoms with Gasteiger partial charge in [0.2, 0.25) is 5.88 Å². The van der Waals surface area contributed by atoms with Crippen LogP contribution in [0.3, 0.4) is 0 Å². The van der Waals surface area contributed by atoms with E-state index in [1.165, 1.54) is 6.33 Å². The number of aromatic nitrogens is 2. The number of benzene rings is 1. The van der Waals surface area contributed by atoms with Crippen molar-refractivity contribution in [2.45, 2.75) is 19.4 Å². The molecule has 6 heteroatoms. The fourth-order valence-corrected chi connectivity index (χ4v) is 2.49. The van der Waals surface area contributed by atoms with Gasteiger partial charge in [0.15, 0.2) is 0 Å². The van der Waals surface area contributed by atoms with Crippen molar-refractivity contribution >= 4 is 23.2 Å². The molecule has 0 radical (unpaired) electrons. The van der Waals surface area contributed by atoms with Crippen molar-refractivity contribution in [3.05, 3.63) is 51.9 Å². The number of methoxy groups -OCH3 is 1. The van der Waals surface area contributed by atoms with E-state index >= 15 is 0 Å². The highest BCUT2D eigenvalue weighted by molar-refractivity contribution is 6.33. The summed E-state index contributed by atoms with van der Waals surface area (Å²) in [7, 11) is 1.59. The molecule has 2 rings (SSSR count). The van der Waals surface area contributed by atoms with Gasteiger partial charge in [0.05, 0.1) is 18.8 Å². The molecule has 0 saturated heterocycles. The summed E-state index contributed by atoms with van der Waals surface area (Å²) < 4.78 is 5.15. The van der Waals surface area contributed by atoms with E-state index in [0.29, 0.717) is 22.3 Å². The Morgan fingerprint density at radius 1 is 1.24 bits per heavy atom. The minimum Gasteiger partial charge on any atom is -0.481 e. The first-order valence-electron chi connectivity index (χ1n) is 6.67. The summed E-state index contributed by atoms with van der Waals surface area (Å²) in [5.41, 5.74) is 1.84. The number of rotatable bonds is 6. The predicted octanol–water partition coefficient (Wildman–Crippen LogP) is 3.69. The van der Waals surface area contributed by atoms with Crippen LogP contribution in [0.5, 0.6) is 5.88 Å². The van der Waals surface area contributed by atoms with E-state index in [0.717, 1.165) is 17.8 Å². The number of nitrogens with zero attached hydrogens (tertiary/aromatic N) is 2. The van der Waals surface area contributed by atoms with Crippen LogP contribution in [-0.2, 0) is 6.42 Å². The van der Waals surface area contributed by atoms with Gasteiger partial charge in [0.25, 0.3) is 0 Å². The zero-order valence-electron chi connectivity index (χ0n) is 11.9. The van der Waals surface area contributed by atoms with Crippen LogP contribution < -0.4 is 10.1 Å². The average Bonchev–Trinajstić information content (AvgIpc) is 2.50. The van der Waals surface area contributed by atoms with Crippen molar-refractivity contribution in [2.75, 3.05) is 13.7 Å². The quantitative estimate of drug-likeness (QED) is 0.879. The minimum atomic E-state index is 0.0165.